The molecule has 0 atom stereocenters. The van der Waals surface area contributed by atoms with Gasteiger partial charge < -0.3 is 0 Å². The molecule has 0 aliphatic rings. The smallest absolute Gasteiger partial charge is 0.191 e. The summed E-state index contributed by atoms with van der Waals surface area (Å²) in [7, 11) is 0. The average Bonchev–Trinajstić information content (AvgIpc) is 2.92. The average molecular weight is 274 g/mol. The van der Waals surface area contributed by atoms with Crippen molar-refractivity contribution in [3.05, 3.63) is 65.4 Å². The minimum absolute atomic E-state index is 0.335. The number of nitrogens with zero attached hydrogens (tertiary/aromatic N) is 4. The van der Waals surface area contributed by atoms with Crippen molar-refractivity contribution < 1.29 is 0 Å². The fraction of sp³-hybridized carbons (Fsp3) is 0.118. The Morgan fingerprint density at radius 2 is 1.71 bits per heavy atom. The molecule has 2 aromatic carbocycles. The molecule has 0 aliphatic heterocycles. The zero-order valence-electron chi connectivity index (χ0n) is 11.9. The van der Waals surface area contributed by atoms with E-state index in [1.165, 1.54) is 5.56 Å². The van der Waals surface area contributed by atoms with Gasteiger partial charge in [-0.1, -0.05) is 53.2 Å². The third-order valence-electron chi connectivity index (χ3n) is 3.44. The first kappa shape index (κ1) is 13.1. The summed E-state index contributed by atoms with van der Waals surface area (Å²) in [5.74, 6) is 0. The van der Waals surface area contributed by atoms with Gasteiger partial charge in [-0.25, -0.2) is 4.68 Å². The molecule has 0 saturated heterocycles. The monoisotopic (exact) mass is 274 g/mol. The van der Waals surface area contributed by atoms with Gasteiger partial charge in [0.1, 0.15) is 11.8 Å². The van der Waals surface area contributed by atoms with E-state index in [2.05, 4.69) is 16.4 Å². The van der Waals surface area contributed by atoms with E-state index in [-0.39, 0.29) is 0 Å². The Bertz CT molecular complexity index is 823. The summed E-state index contributed by atoms with van der Waals surface area (Å²) in [5, 5.41) is 17.5. The lowest BCUT2D eigenvalue weighted by Gasteiger charge is -2.09. The number of benzene rings is 2. The maximum Gasteiger partial charge on any atom is 0.191 e. The Labute approximate surface area is 123 Å². The summed E-state index contributed by atoms with van der Waals surface area (Å²) in [6, 6.07) is 18.1. The molecule has 1 heterocycles. The minimum Gasteiger partial charge on any atom is -0.211 e. The SMILES string of the molecule is Cc1ccc(-c2c(C#N)nnn2-c2ccccc2C)cc1. The molecule has 4 heteroatoms. The number of nitriles is 1. The van der Waals surface area contributed by atoms with E-state index in [4.69, 9.17) is 0 Å². The number of para-hydroxylation sites is 1. The molecule has 0 fully saturated rings. The summed E-state index contributed by atoms with van der Waals surface area (Å²) in [4.78, 5) is 0. The Morgan fingerprint density at radius 1 is 1.00 bits per heavy atom. The summed E-state index contributed by atoms with van der Waals surface area (Å²) < 4.78 is 1.73. The van der Waals surface area contributed by atoms with Crippen LogP contribution in [0.3, 0.4) is 0 Å². The van der Waals surface area contributed by atoms with Gasteiger partial charge in [0.2, 0.25) is 0 Å². The molecule has 3 aromatic rings. The molecule has 0 amide bonds. The molecule has 0 aliphatic carbocycles. The van der Waals surface area contributed by atoms with Crippen molar-refractivity contribution in [2.24, 2.45) is 0 Å². The van der Waals surface area contributed by atoms with Gasteiger partial charge in [0.15, 0.2) is 5.69 Å². The zero-order chi connectivity index (χ0) is 14.8. The predicted octanol–water partition coefficient (Wildman–Crippen LogP) is 3.42. The maximum absolute atomic E-state index is 9.30. The van der Waals surface area contributed by atoms with Gasteiger partial charge in [0, 0.05) is 5.56 Å². The summed E-state index contributed by atoms with van der Waals surface area (Å²) >= 11 is 0. The Hall–Kier alpha value is -2.93. The standard InChI is InChI=1S/C17H14N4/c1-12-7-9-14(10-8-12)17-15(11-18)19-20-21(17)16-6-4-3-5-13(16)2/h3-10H,1-2H3. The van der Waals surface area contributed by atoms with E-state index in [0.717, 1.165) is 22.5 Å². The molecule has 102 valence electrons. The Kier molecular flexibility index (Phi) is 3.25. The highest BCUT2D eigenvalue weighted by Gasteiger charge is 2.16. The van der Waals surface area contributed by atoms with Crippen molar-refractivity contribution in [3.63, 3.8) is 0 Å². The normalized spacial score (nSPS) is 10.3. The van der Waals surface area contributed by atoms with Crippen LogP contribution in [0, 0.1) is 25.2 Å². The fourth-order valence-corrected chi connectivity index (χ4v) is 2.30. The van der Waals surface area contributed by atoms with Crippen LogP contribution in [0.1, 0.15) is 16.8 Å². The Balaban J connectivity index is 2.25. The second-order valence-electron chi connectivity index (χ2n) is 4.96. The molecule has 0 spiro atoms. The number of rotatable bonds is 2. The van der Waals surface area contributed by atoms with E-state index in [9.17, 15) is 5.26 Å². The van der Waals surface area contributed by atoms with Gasteiger partial charge in [-0.3, -0.25) is 0 Å². The van der Waals surface area contributed by atoms with Crippen LogP contribution in [0.4, 0.5) is 0 Å². The first-order chi connectivity index (χ1) is 10.2. The van der Waals surface area contributed by atoms with Gasteiger partial charge in [-0.15, -0.1) is 5.10 Å². The largest absolute Gasteiger partial charge is 0.211 e. The van der Waals surface area contributed by atoms with Crippen molar-refractivity contribution in [3.8, 4) is 23.0 Å². The molecular weight excluding hydrogens is 260 g/mol. The molecule has 21 heavy (non-hydrogen) atoms. The van der Waals surface area contributed by atoms with Crippen LogP contribution in [-0.4, -0.2) is 15.0 Å². The molecular formula is C17H14N4. The number of aryl methyl sites for hydroxylation is 2. The van der Waals surface area contributed by atoms with Gasteiger partial charge in [0.25, 0.3) is 0 Å². The van der Waals surface area contributed by atoms with Crippen molar-refractivity contribution in [1.29, 1.82) is 5.26 Å². The lowest BCUT2D eigenvalue weighted by Crippen LogP contribution is -2.01. The number of hydrogen-bond acceptors (Lipinski definition) is 3. The quantitative estimate of drug-likeness (QED) is 0.719. The molecule has 4 nitrogen and oxygen atoms in total. The zero-order valence-corrected chi connectivity index (χ0v) is 11.9. The van der Waals surface area contributed by atoms with Crippen LogP contribution in [0.5, 0.6) is 0 Å². The van der Waals surface area contributed by atoms with Crippen LogP contribution in [0.15, 0.2) is 48.5 Å². The predicted molar refractivity (Wildman–Crippen MR) is 81.0 cm³/mol. The first-order valence-corrected chi connectivity index (χ1v) is 6.69. The summed E-state index contributed by atoms with van der Waals surface area (Å²) in [6.45, 7) is 4.05. The van der Waals surface area contributed by atoms with Crippen molar-refractivity contribution in [2.75, 3.05) is 0 Å². The van der Waals surface area contributed by atoms with E-state index >= 15 is 0 Å². The van der Waals surface area contributed by atoms with Crippen molar-refractivity contribution in [1.82, 2.24) is 15.0 Å². The van der Waals surface area contributed by atoms with Crippen LogP contribution < -0.4 is 0 Å². The van der Waals surface area contributed by atoms with Crippen LogP contribution >= 0.6 is 0 Å². The second-order valence-corrected chi connectivity index (χ2v) is 4.96. The van der Waals surface area contributed by atoms with Gasteiger partial charge in [-0.05, 0) is 25.5 Å². The van der Waals surface area contributed by atoms with E-state index in [0.29, 0.717) is 5.69 Å². The molecule has 0 N–H and O–H groups in total. The molecule has 0 unspecified atom stereocenters. The molecule has 1 aromatic heterocycles. The van der Waals surface area contributed by atoms with E-state index in [1.807, 2.05) is 62.4 Å². The van der Waals surface area contributed by atoms with Gasteiger partial charge in [-0.2, -0.15) is 5.26 Å². The van der Waals surface area contributed by atoms with Crippen LogP contribution in [-0.2, 0) is 0 Å². The fourth-order valence-electron chi connectivity index (χ4n) is 2.30. The lowest BCUT2D eigenvalue weighted by molar-refractivity contribution is 0.802. The highest BCUT2D eigenvalue weighted by Crippen LogP contribution is 2.26. The summed E-state index contributed by atoms with van der Waals surface area (Å²) in [5.41, 5.74) is 5.19. The summed E-state index contributed by atoms with van der Waals surface area (Å²) in [6.07, 6.45) is 0. The van der Waals surface area contributed by atoms with Gasteiger partial charge >= 0.3 is 0 Å². The van der Waals surface area contributed by atoms with E-state index in [1.54, 1.807) is 4.68 Å². The molecule has 0 saturated carbocycles. The van der Waals surface area contributed by atoms with Crippen molar-refractivity contribution in [2.45, 2.75) is 13.8 Å². The maximum atomic E-state index is 9.30. The number of aromatic nitrogens is 3. The molecule has 3 rings (SSSR count). The van der Waals surface area contributed by atoms with Crippen LogP contribution in [0.25, 0.3) is 16.9 Å². The van der Waals surface area contributed by atoms with Crippen LogP contribution in [0.2, 0.25) is 0 Å². The molecule has 0 bridgehead atoms. The second kappa shape index (κ2) is 5.22. The van der Waals surface area contributed by atoms with Gasteiger partial charge in [0.05, 0.1) is 5.69 Å². The molecule has 0 radical (unpaired) electrons. The van der Waals surface area contributed by atoms with Crippen molar-refractivity contribution >= 4 is 0 Å². The minimum atomic E-state index is 0.335. The highest BCUT2D eigenvalue weighted by molar-refractivity contribution is 5.67. The third kappa shape index (κ3) is 2.30. The topological polar surface area (TPSA) is 54.5 Å². The third-order valence-corrected chi connectivity index (χ3v) is 3.44. The first-order valence-electron chi connectivity index (χ1n) is 6.69. The highest BCUT2D eigenvalue weighted by atomic mass is 15.4. The number of hydrogen-bond donors (Lipinski definition) is 0. The van der Waals surface area contributed by atoms with E-state index < -0.39 is 0 Å². The lowest BCUT2D eigenvalue weighted by atomic mass is 10.1. The Morgan fingerprint density at radius 3 is 2.38 bits per heavy atom.